The summed E-state index contributed by atoms with van der Waals surface area (Å²) in [5, 5.41) is 0. The van der Waals surface area contributed by atoms with Crippen LogP contribution >= 0.6 is 0 Å². The van der Waals surface area contributed by atoms with Crippen molar-refractivity contribution in [3.05, 3.63) is 10.7 Å². The Balaban J connectivity index is 4.21. The molecule has 1 heteroatoms. The summed E-state index contributed by atoms with van der Waals surface area (Å²) in [6.07, 6.45) is 9.92. The predicted molar refractivity (Wildman–Crippen MR) is 79.7 cm³/mol. The Bertz CT molecular complexity index is 155. The van der Waals surface area contributed by atoms with Crippen molar-refractivity contribution in [1.82, 2.24) is 0 Å². The van der Waals surface area contributed by atoms with Crippen molar-refractivity contribution in [2.24, 2.45) is 0 Å². The van der Waals surface area contributed by atoms with Crippen LogP contribution in [0.3, 0.4) is 0 Å². The van der Waals surface area contributed by atoms with Gasteiger partial charge in [0.1, 0.15) is 0 Å². The topological polar surface area (TPSA) is 0 Å². The number of hydrogen-bond donors (Lipinski definition) is 0. The molecule has 0 saturated heterocycles. The summed E-state index contributed by atoms with van der Waals surface area (Å²) in [5.41, 5.74) is 0. The van der Waals surface area contributed by atoms with E-state index in [1.165, 1.54) is 44.9 Å². The maximum absolute atomic E-state index is 4.21. The summed E-state index contributed by atoms with van der Waals surface area (Å²) in [4.78, 5) is 0. The van der Waals surface area contributed by atoms with Gasteiger partial charge in [-0.15, -0.1) is 0 Å². The van der Waals surface area contributed by atoms with Crippen LogP contribution in [0.15, 0.2) is 10.7 Å². The molecule has 0 aliphatic carbocycles. The van der Waals surface area contributed by atoms with Crippen LogP contribution in [0.25, 0.3) is 0 Å². The first kappa shape index (κ1) is 16.5. The van der Waals surface area contributed by atoms with Crippen LogP contribution in [0.2, 0.25) is 13.3 Å². The van der Waals surface area contributed by atoms with Crippen LogP contribution in [0.1, 0.15) is 65.7 Å². The van der Waals surface area contributed by atoms with E-state index in [4.69, 9.17) is 0 Å². The van der Waals surface area contributed by atoms with Gasteiger partial charge < -0.3 is 0 Å². The van der Waals surface area contributed by atoms with Gasteiger partial charge in [0.05, 0.1) is 0 Å². The van der Waals surface area contributed by atoms with Gasteiger partial charge in [-0.05, 0) is 0 Å². The van der Waals surface area contributed by atoms with E-state index in [1.54, 1.807) is 13.3 Å². The standard InChI is InChI=1S/C5H11.2C4H9.C2H3.Sn/c1-3-5-4-2;2*1-3-4-2;1-2;/h1,3-5H2,2H3;2*1,3-4H2,2H3;1H,2H2;. The molecule has 0 aromatic rings. The van der Waals surface area contributed by atoms with Gasteiger partial charge in [0, 0.05) is 0 Å². The van der Waals surface area contributed by atoms with E-state index in [9.17, 15) is 0 Å². The molecule has 0 nitrogen and oxygen atoms in total. The molecule has 16 heavy (non-hydrogen) atoms. The molecular formula is C15H32Sn. The molecule has 0 amide bonds. The van der Waals surface area contributed by atoms with Gasteiger partial charge in [-0.25, -0.2) is 0 Å². The van der Waals surface area contributed by atoms with Crippen molar-refractivity contribution in [3.63, 3.8) is 0 Å². The van der Waals surface area contributed by atoms with Gasteiger partial charge >= 0.3 is 108 Å². The number of unbranched alkanes of at least 4 members (excludes halogenated alkanes) is 4. The Hall–Kier alpha value is 0.539. The molecule has 0 aliphatic rings. The second-order valence-corrected chi connectivity index (χ2v) is 18.5. The molecule has 0 heterocycles. The Kier molecular flexibility index (Phi) is 11.0. The number of hydrogen-bond acceptors (Lipinski definition) is 0. The normalized spacial score (nSPS) is 11.7. The minimum atomic E-state index is -1.88. The van der Waals surface area contributed by atoms with Crippen molar-refractivity contribution >= 4 is 18.4 Å². The second kappa shape index (κ2) is 10.7. The van der Waals surface area contributed by atoms with Crippen LogP contribution in [-0.2, 0) is 0 Å². The summed E-state index contributed by atoms with van der Waals surface area (Å²) in [7, 11) is 0. The monoisotopic (exact) mass is 332 g/mol. The third-order valence-electron chi connectivity index (χ3n) is 3.77. The third-order valence-corrected chi connectivity index (χ3v) is 17.8. The third kappa shape index (κ3) is 6.98. The van der Waals surface area contributed by atoms with Gasteiger partial charge in [0.25, 0.3) is 0 Å². The molecule has 0 atom stereocenters. The van der Waals surface area contributed by atoms with E-state index in [2.05, 4.69) is 31.4 Å². The van der Waals surface area contributed by atoms with E-state index in [1.807, 2.05) is 0 Å². The quantitative estimate of drug-likeness (QED) is 0.324. The van der Waals surface area contributed by atoms with E-state index < -0.39 is 18.4 Å². The Morgan fingerprint density at radius 3 is 1.56 bits per heavy atom. The molecule has 0 spiro atoms. The molecule has 96 valence electrons. The summed E-state index contributed by atoms with van der Waals surface area (Å²) in [5.74, 6) is 0. The Morgan fingerprint density at radius 2 is 1.19 bits per heavy atom. The average molecular weight is 331 g/mol. The van der Waals surface area contributed by atoms with Crippen molar-refractivity contribution in [1.29, 1.82) is 0 Å². The molecule has 0 aliphatic heterocycles. The zero-order valence-corrected chi connectivity index (χ0v) is 14.7. The molecule has 0 fully saturated rings. The SMILES string of the molecule is C=[CH][Sn]([CH2]CCC)([CH2]CCC)[CH2]CCCC. The van der Waals surface area contributed by atoms with Crippen molar-refractivity contribution in [2.75, 3.05) is 0 Å². The number of rotatable bonds is 11. The van der Waals surface area contributed by atoms with Crippen LogP contribution in [0.5, 0.6) is 0 Å². The fourth-order valence-corrected chi connectivity index (χ4v) is 15.1. The Morgan fingerprint density at radius 1 is 0.750 bits per heavy atom. The molecular weight excluding hydrogens is 299 g/mol. The van der Waals surface area contributed by atoms with Crippen LogP contribution in [-0.4, -0.2) is 18.4 Å². The van der Waals surface area contributed by atoms with E-state index in [0.717, 1.165) is 0 Å². The molecule has 0 radical (unpaired) electrons. The van der Waals surface area contributed by atoms with Gasteiger partial charge in [0.15, 0.2) is 0 Å². The molecule has 0 saturated carbocycles. The van der Waals surface area contributed by atoms with E-state index >= 15 is 0 Å². The van der Waals surface area contributed by atoms with Gasteiger partial charge in [-0.1, -0.05) is 0 Å². The van der Waals surface area contributed by atoms with Crippen molar-refractivity contribution in [3.8, 4) is 0 Å². The molecule has 0 aromatic heterocycles. The molecule has 0 rings (SSSR count). The van der Waals surface area contributed by atoms with E-state index in [-0.39, 0.29) is 0 Å². The van der Waals surface area contributed by atoms with Crippen LogP contribution in [0, 0.1) is 0 Å². The first-order chi connectivity index (χ1) is 7.74. The fraction of sp³-hybridized carbons (Fsp3) is 0.867. The van der Waals surface area contributed by atoms with Gasteiger partial charge in [0.2, 0.25) is 0 Å². The van der Waals surface area contributed by atoms with E-state index in [0.29, 0.717) is 0 Å². The second-order valence-electron chi connectivity index (χ2n) is 5.23. The average Bonchev–Trinajstić information content (AvgIpc) is 2.32. The molecule has 0 aromatic carbocycles. The summed E-state index contributed by atoms with van der Waals surface area (Å²) in [6, 6.07) is 0. The first-order valence-electron chi connectivity index (χ1n) is 7.38. The molecule has 0 bridgehead atoms. The zero-order valence-electron chi connectivity index (χ0n) is 11.9. The molecule has 0 unspecified atom stereocenters. The van der Waals surface area contributed by atoms with Crippen LogP contribution < -0.4 is 0 Å². The Labute approximate surface area is 108 Å². The van der Waals surface area contributed by atoms with Crippen molar-refractivity contribution < 1.29 is 0 Å². The summed E-state index contributed by atoms with van der Waals surface area (Å²) >= 11 is -1.88. The predicted octanol–water partition coefficient (Wildman–Crippen LogP) is 5.95. The molecule has 0 N–H and O–H groups in total. The maximum atomic E-state index is 4.21. The van der Waals surface area contributed by atoms with Crippen molar-refractivity contribution in [2.45, 2.75) is 79.0 Å². The summed E-state index contributed by atoms with van der Waals surface area (Å²) < 4.78 is 7.19. The minimum absolute atomic E-state index is 1.36. The van der Waals surface area contributed by atoms with Gasteiger partial charge in [-0.3, -0.25) is 0 Å². The fourth-order valence-electron chi connectivity index (χ4n) is 2.47. The zero-order chi connectivity index (χ0) is 12.3. The van der Waals surface area contributed by atoms with Gasteiger partial charge in [-0.2, -0.15) is 0 Å². The van der Waals surface area contributed by atoms with Crippen LogP contribution in [0.4, 0.5) is 0 Å². The summed E-state index contributed by atoms with van der Waals surface area (Å²) in [6.45, 7) is 11.2. The first-order valence-corrected chi connectivity index (χ1v) is 15.1.